The molecule has 1 fully saturated rings. The summed E-state index contributed by atoms with van der Waals surface area (Å²) in [6.45, 7) is 6.72. The number of hydrogen-bond acceptors (Lipinski definition) is 5. The number of rotatable bonds is 7. The molecular weight excluding hydrogens is 284 g/mol. The zero-order valence-electron chi connectivity index (χ0n) is 14.4. The zero-order valence-corrected chi connectivity index (χ0v) is 14.4. The highest BCUT2D eigenvalue weighted by Crippen LogP contribution is 2.19. The Morgan fingerprint density at radius 2 is 2.00 bits per heavy atom. The van der Waals surface area contributed by atoms with Crippen LogP contribution in [0.1, 0.15) is 52.9 Å². The van der Waals surface area contributed by atoms with E-state index in [1.54, 1.807) is 7.11 Å². The van der Waals surface area contributed by atoms with Gasteiger partial charge in [-0.15, -0.1) is 0 Å². The number of hydrogen-bond donors (Lipinski definition) is 3. The first-order chi connectivity index (χ1) is 10.3. The highest BCUT2D eigenvalue weighted by molar-refractivity contribution is 5.68. The molecule has 0 aromatic heterocycles. The normalized spacial score (nSPS) is 23.9. The van der Waals surface area contributed by atoms with Crippen LogP contribution in [0, 0.1) is 0 Å². The molecule has 0 aliphatic heterocycles. The van der Waals surface area contributed by atoms with E-state index < -0.39 is 11.7 Å². The van der Waals surface area contributed by atoms with Crippen molar-refractivity contribution >= 4 is 6.09 Å². The standard InChI is InChI=1S/C16H32N2O4/c1-16(2,3)22-15(20)18-13-7-5-6-12(10-13)17-9-8-14(19)11-21-4/h12-14,17,19H,5-11H2,1-4H3,(H,18,20). The lowest BCUT2D eigenvalue weighted by Gasteiger charge is -2.31. The molecular formula is C16H32N2O4. The fraction of sp³-hybridized carbons (Fsp3) is 0.938. The minimum Gasteiger partial charge on any atom is -0.444 e. The van der Waals surface area contributed by atoms with Crippen molar-refractivity contribution in [1.29, 1.82) is 0 Å². The minimum atomic E-state index is -0.464. The fourth-order valence-electron chi connectivity index (χ4n) is 2.71. The summed E-state index contributed by atoms with van der Waals surface area (Å²) in [6, 6.07) is 0.536. The summed E-state index contributed by atoms with van der Waals surface area (Å²) in [5.74, 6) is 0. The molecule has 6 nitrogen and oxygen atoms in total. The fourth-order valence-corrected chi connectivity index (χ4v) is 2.71. The molecule has 0 heterocycles. The third kappa shape index (κ3) is 8.56. The van der Waals surface area contributed by atoms with Crippen LogP contribution < -0.4 is 10.6 Å². The largest absolute Gasteiger partial charge is 0.444 e. The summed E-state index contributed by atoms with van der Waals surface area (Å²) in [5, 5.41) is 16.0. The van der Waals surface area contributed by atoms with Gasteiger partial charge in [-0.1, -0.05) is 0 Å². The first-order valence-electron chi connectivity index (χ1n) is 8.20. The van der Waals surface area contributed by atoms with Gasteiger partial charge in [-0.3, -0.25) is 0 Å². The van der Waals surface area contributed by atoms with E-state index >= 15 is 0 Å². The van der Waals surface area contributed by atoms with E-state index in [1.807, 2.05) is 20.8 Å². The molecule has 3 unspecified atom stereocenters. The average Bonchev–Trinajstić information content (AvgIpc) is 2.37. The van der Waals surface area contributed by atoms with Crippen molar-refractivity contribution in [2.24, 2.45) is 0 Å². The maximum atomic E-state index is 11.8. The third-order valence-corrected chi connectivity index (χ3v) is 3.66. The molecule has 0 spiro atoms. The summed E-state index contributed by atoms with van der Waals surface area (Å²) in [4.78, 5) is 11.8. The van der Waals surface area contributed by atoms with Crippen LogP contribution in [0.15, 0.2) is 0 Å². The molecule has 1 aliphatic carbocycles. The summed E-state index contributed by atoms with van der Waals surface area (Å²) >= 11 is 0. The Bertz CT molecular complexity index is 331. The molecule has 1 saturated carbocycles. The van der Waals surface area contributed by atoms with Crippen molar-refractivity contribution in [3.63, 3.8) is 0 Å². The summed E-state index contributed by atoms with van der Waals surface area (Å²) in [5.41, 5.74) is -0.464. The molecule has 1 aliphatic rings. The van der Waals surface area contributed by atoms with E-state index in [1.165, 1.54) is 0 Å². The van der Waals surface area contributed by atoms with Crippen LogP contribution in [0.3, 0.4) is 0 Å². The van der Waals surface area contributed by atoms with Crippen LogP contribution in [-0.2, 0) is 9.47 Å². The number of aliphatic hydroxyl groups is 1. The lowest BCUT2D eigenvalue weighted by molar-refractivity contribution is 0.0486. The molecule has 6 heteroatoms. The van der Waals surface area contributed by atoms with Gasteiger partial charge in [0.15, 0.2) is 0 Å². The predicted molar refractivity (Wildman–Crippen MR) is 85.9 cm³/mol. The predicted octanol–water partition coefficient (Wildman–Crippen LogP) is 1.81. The van der Waals surface area contributed by atoms with Gasteiger partial charge in [0.2, 0.25) is 0 Å². The first-order valence-corrected chi connectivity index (χ1v) is 8.20. The molecule has 3 atom stereocenters. The molecule has 0 radical (unpaired) electrons. The van der Waals surface area contributed by atoms with Crippen molar-refractivity contribution in [3.05, 3.63) is 0 Å². The maximum absolute atomic E-state index is 11.8. The smallest absolute Gasteiger partial charge is 0.407 e. The number of aliphatic hydroxyl groups excluding tert-OH is 1. The van der Waals surface area contributed by atoms with Crippen molar-refractivity contribution in [3.8, 4) is 0 Å². The van der Waals surface area contributed by atoms with Gasteiger partial charge in [0.1, 0.15) is 5.60 Å². The number of carbonyl (C=O) groups is 1. The van der Waals surface area contributed by atoms with Crippen LogP contribution >= 0.6 is 0 Å². The van der Waals surface area contributed by atoms with Crippen molar-refractivity contribution in [2.75, 3.05) is 20.3 Å². The summed E-state index contributed by atoms with van der Waals surface area (Å²) < 4.78 is 10.2. The van der Waals surface area contributed by atoms with Gasteiger partial charge in [0.05, 0.1) is 12.7 Å². The van der Waals surface area contributed by atoms with E-state index in [0.717, 1.165) is 32.2 Å². The number of alkyl carbamates (subject to hydrolysis) is 1. The van der Waals surface area contributed by atoms with Crippen LogP contribution in [0.4, 0.5) is 4.79 Å². The topological polar surface area (TPSA) is 79.8 Å². The van der Waals surface area contributed by atoms with E-state index in [2.05, 4.69) is 10.6 Å². The van der Waals surface area contributed by atoms with E-state index in [9.17, 15) is 9.90 Å². The van der Waals surface area contributed by atoms with Crippen LogP contribution in [-0.4, -0.2) is 55.2 Å². The van der Waals surface area contributed by atoms with Gasteiger partial charge in [0, 0.05) is 19.2 Å². The van der Waals surface area contributed by atoms with Crippen LogP contribution in [0.25, 0.3) is 0 Å². The highest BCUT2D eigenvalue weighted by Gasteiger charge is 2.25. The van der Waals surface area contributed by atoms with Gasteiger partial charge in [-0.25, -0.2) is 4.79 Å². The second-order valence-corrected chi connectivity index (χ2v) is 7.06. The first kappa shape index (κ1) is 19.2. The Labute approximate surface area is 133 Å². The number of amides is 1. The molecule has 130 valence electrons. The van der Waals surface area contributed by atoms with Crippen LogP contribution in [0.5, 0.6) is 0 Å². The zero-order chi connectivity index (χ0) is 16.6. The Hall–Kier alpha value is -0.850. The summed E-state index contributed by atoms with van der Waals surface area (Å²) in [6.07, 6.45) is 3.99. The van der Waals surface area contributed by atoms with Gasteiger partial charge in [-0.05, 0) is 59.4 Å². The van der Waals surface area contributed by atoms with Gasteiger partial charge < -0.3 is 25.2 Å². The number of ether oxygens (including phenoxy) is 2. The molecule has 3 N–H and O–H groups in total. The molecule has 0 saturated heterocycles. The Balaban J connectivity index is 2.25. The average molecular weight is 316 g/mol. The molecule has 1 rings (SSSR count). The molecule has 0 aromatic rings. The number of nitrogens with one attached hydrogen (secondary N) is 2. The Kier molecular flexibility index (Phi) is 8.14. The van der Waals surface area contributed by atoms with Crippen molar-refractivity contribution in [1.82, 2.24) is 10.6 Å². The third-order valence-electron chi connectivity index (χ3n) is 3.66. The van der Waals surface area contributed by atoms with Gasteiger partial charge in [-0.2, -0.15) is 0 Å². The highest BCUT2D eigenvalue weighted by atomic mass is 16.6. The second-order valence-electron chi connectivity index (χ2n) is 7.06. The Morgan fingerprint density at radius 3 is 2.64 bits per heavy atom. The Morgan fingerprint density at radius 1 is 1.32 bits per heavy atom. The lowest BCUT2D eigenvalue weighted by Crippen LogP contribution is -2.46. The number of methoxy groups -OCH3 is 1. The molecule has 0 aromatic carbocycles. The quantitative estimate of drug-likeness (QED) is 0.667. The monoisotopic (exact) mass is 316 g/mol. The molecule has 1 amide bonds. The SMILES string of the molecule is COCC(O)CCNC1CCCC(NC(=O)OC(C)(C)C)C1. The van der Waals surface area contributed by atoms with Gasteiger partial charge in [0.25, 0.3) is 0 Å². The lowest BCUT2D eigenvalue weighted by atomic mass is 9.91. The van der Waals surface area contributed by atoms with E-state index in [4.69, 9.17) is 9.47 Å². The maximum Gasteiger partial charge on any atom is 0.407 e. The van der Waals surface area contributed by atoms with E-state index in [-0.39, 0.29) is 12.1 Å². The van der Waals surface area contributed by atoms with E-state index in [0.29, 0.717) is 19.1 Å². The second kappa shape index (κ2) is 9.33. The minimum absolute atomic E-state index is 0.157. The van der Waals surface area contributed by atoms with Gasteiger partial charge >= 0.3 is 6.09 Å². The molecule has 0 bridgehead atoms. The van der Waals surface area contributed by atoms with Crippen LogP contribution in [0.2, 0.25) is 0 Å². The van der Waals surface area contributed by atoms with Crippen molar-refractivity contribution in [2.45, 2.75) is 76.7 Å². The molecule has 22 heavy (non-hydrogen) atoms. The summed E-state index contributed by atoms with van der Waals surface area (Å²) in [7, 11) is 1.59. The number of carbonyl (C=O) groups excluding carboxylic acids is 1. The van der Waals surface area contributed by atoms with Crippen molar-refractivity contribution < 1.29 is 19.4 Å².